The van der Waals surface area contributed by atoms with Crippen LogP contribution in [0.1, 0.15) is 0 Å². The lowest BCUT2D eigenvalue weighted by molar-refractivity contribution is 0.609. The Morgan fingerprint density at radius 2 is 1.82 bits per heavy atom. The molecule has 0 fully saturated rings. The monoisotopic (exact) mass is 291 g/mol. The Morgan fingerprint density at radius 1 is 1.12 bits per heavy atom. The first-order valence-corrected chi connectivity index (χ1v) is 5.66. The third kappa shape index (κ3) is 2.32. The van der Waals surface area contributed by atoms with Crippen LogP contribution in [0.25, 0.3) is 11.1 Å². The van der Waals surface area contributed by atoms with Crippen LogP contribution in [0.3, 0.4) is 0 Å². The van der Waals surface area contributed by atoms with Crippen molar-refractivity contribution in [1.29, 1.82) is 0 Å². The van der Waals surface area contributed by atoms with E-state index in [-0.39, 0.29) is 10.0 Å². The zero-order valence-electron chi connectivity index (χ0n) is 8.23. The molecule has 1 heterocycles. The highest BCUT2D eigenvalue weighted by molar-refractivity contribution is 6.49. The number of benzene rings is 1. The first-order chi connectivity index (χ1) is 8.00. The number of nitrogens with one attached hydrogen (secondary N) is 1. The summed E-state index contributed by atoms with van der Waals surface area (Å²) in [5.74, 6) is -0.885. The Hall–Kier alpha value is -1.03. The number of pyridine rings is 1. The fourth-order valence-corrected chi connectivity index (χ4v) is 2.00. The zero-order chi connectivity index (χ0) is 12.6. The molecule has 2 rings (SSSR count). The van der Waals surface area contributed by atoms with Crippen molar-refractivity contribution in [1.82, 2.24) is 4.98 Å². The van der Waals surface area contributed by atoms with Gasteiger partial charge in [-0.2, -0.15) is 0 Å². The number of halogens is 4. The number of rotatable bonds is 1. The topological polar surface area (TPSA) is 32.9 Å². The van der Waals surface area contributed by atoms with Crippen LogP contribution in [0.15, 0.2) is 29.2 Å². The molecule has 0 aliphatic heterocycles. The zero-order valence-corrected chi connectivity index (χ0v) is 10.5. The molecule has 0 aliphatic rings. The van der Waals surface area contributed by atoms with Crippen LogP contribution in [0.4, 0.5) is 4.39 Å². The maximum atomic E-state index is 13.1. The molecule has 0 saturated heterocycles. The van der Waals surface area contributed by atoms with Crippen molar-refractivity contribution in [2.45, 2.75) is 0 Å². The summed E-state index contributed by atoms with van der Waals surface area (Å²) in [5, 5.41) is 0.716. The van der Waals surface area contributed by atoms with Gasteiger partial charge in [-0.3, -0.25) is 4.79 Å². The molecule has 0 unspecified atom stereocenters. The summed E-state index contributed by atoms with van der Waals surface area (Å²) in [6.07, 6.45) is 1.36. The van der Waals surface area contributed by atoms with Gasteiger partial charge in [-0.25, -0.2) is 4.39 Å². The standard InChI is InChI=1S/C11H5Cl3FNO/c12-7-2-1-6(9(13)10(7)14)5-3-8(15)11(17)16-4-5/h1-4H,(H,16,17). The highest BCUT2D eigenvalue weighted by atomic mass is 35.5. The summed E-state index contributed by atoms with van der Waals surface area (Å²) in [6.45, 7) is 0. The summed E-state index contributed by atoms with van der Waals surface area (Å²) in [4.78, 5) is 13.2. The number of aromatic nitrogens is 1. The molecule has 0 radical (unpaired) electrons. The number of aromatic amines is 1. The van der Waals surface area contributed by atoms with Gasteiger partial charge in [-0.1, -0.05) is 40.9 Å². The van der Waals surface area contributed by atoms with E-state index in [0.29, 0.717) is 16.1 Å². The summed E-state index contributed by atoms with van der Waals surface area (Å²) in [5.41, 5.74) is 0.131. The van der Waals surface area contributed by atoms with E-state index in [1.165, 1.54) is 6.20 Å². The van der Waals surface area contributed by atoms with Gasteiger partial charge in [-0.15, -0.1) is 0 Å². The van der Waals surface area contributed by atoms with E-state index in [9.17, 15) is 9.18 Å². The van der Waals surface area contributed by atoms with Gasteiger partial charge >= 0.3 is 0 Å². The molecule has 1 N–H and O–H groups in total. The van der Waals surface area contributed by atoms with E-state index >= 15 is 0 Å². The second-order valence-corrected chi connectivity index (χ2v) is 4.45. The van der Waals surface area contributed by atoms with Crippen molar-refractivity contribution < 1.29 is 4.39 Å². The average Bonchev–Trinajstić information content (AvgIpc) is 2.30. The van der Waals surface area contributed by atoms with E-state index in [2.05, 4.69) is 4.98 Å². The minimum Gasteiger partial charge on any atom is -0.326 e. The second kappa shape index (κ2) is 4.69. The highest BCUT2D eigenvalue weighted by Crippen LogP contribution is 2.37. The Balaban J connectivity index is 2.65. The third-order valence-corrected chi connectivity index (χ3v) is 3.50. The minimum absolute atomic E-state index is 0.192. The Labute approximate surface area is 111 Å². The van der Waals surface area contributed by atoms with Crippen molar-refractivity contribution >= 4 is 34.8 Å². The Morgan fingerprint density at radius 3 is 2.47 bits per heavy atom. The van der Waals surface area contributed by atoms with Crippen LogP contribution in [0, 0.1) is 5.82 Å². The second-order valence-electron chi connectivity index (χ2n) is 3.29. The summed E-state index contributed by atoms with van der Waals surface area (Å²) < 4.78 is 13.1. The molecule has 0 amide bonds. The molecule has 1 aromatic carbocycles. The molecule has 88 valence electrons. The van der Waals surface area contributed by atoms with Gasteiger partial charge in [0.1, 0.15) is 0 Å². The van der Waals surface area contributed by atoms with Crippen LogP contribution >= 0.6 is 34.8 Å². The quantitative estimate of drug-likeness (QED) is 0.787. The molecule has 0 saturated carbocycles. The third-order valence-electron chi connectivity index (χ3n) is 2.20. The first-order valence-electron chi connectivity index (χ1n) is 4.53. The molecular weight excluding hydrogens is 287 g/mol. The molecule has 0 bridgehead atoms. The molecule has 6 heteroatoms. The Kier molecular flexibility index (Phi) is 3.43. The molecule has 17 heavy (non-hydrogen) atoms. The van der Waals surface area contributed by atoms with Gasteiger partial charge in [0, 0.05) is 17.3 Å². The van der Waals surface area contributed by atoms with Gasteiger partial charge < -0.3 is 4.98 Å². The molecule has 0 atom stereocenters. The van der Waals surface area contributed by atoms with E-state index in [1.807, 2.05) is 0 Å². The van der Waals surface area contributed by atoms with Crippen molar-refractivity contribution in [2.24, 2.45) is 0 Å². The average molecular weight is 293 g/mol. The van der Waals surface area contributed by atoms with Crippen LogP contribution in [0.5, 0.6) is 0 Å². The molecule has 0 aliphatic carbocycles. The lowest BCUT2D eigenvalue weighted by atomic mass is 10.1. The SMILES string of the molecule is O=c1[nH]cc(-c2ccc(Cl)c(Cl)c2Cl)cc1F. The van der Waals surface area contributed by atoms with E-state index < -0.39 is 11.4 Å². The normalized spacial score (nSPS) is 10.6. The lowest BCUT2D eigenvalue weighted by Crippen LogP contribution is -2.09. The van der Waals surface area contributed by atoms with Crippen molar-refractivity contribution in [3.8, 4) is 11.1 Å². The smallest absolute Gasteiger partial charge is 0.283 e. The fraction of sp³-hybridized carbons (Fsp3) is 0. The predicted molar refractivity (Wildman–Crippen MR) is 67.5 cm³/mol. The largest absolute Gasteiger partial charge is 0.326 e. The van der Waals surface area contributed by atoms with E-state index in [0.717, 1.165) is 6.07 Å². The molecule has 2 nitrogen and oxygen atoms in total. The highest BCUT2D eigenvalue weighted by Gasteiger charge is 2.11. The van der Waals surface area contributed by atoms with Crippen molar-refractivity contribution in [3.05, 3.63) is 55.6 Å². The molecule has 2 aromatic rings. The van der Waals surface area contributed by atoms with Crippen LogP contribution in [-0.2, 0) is 0 Å². The summed E-state index contributed by atoms with van der Waals surface area (Å²) in [6, 6.07) is 4.24. The molecule has 0 spiro atoms. The van der Waals surface area contributed by atoms with E-state index in [1.54, 1.807) is 12.1 Å². The lowest BCUT2D eigenvalue weighted by Gasteiger charge is -2.07. The molecule has 1 aromatic heterocycles. The maximum absolute atomic E-state index is 13.1. The number of hydrogen-bond donors (Lipinski definition) is 1. The maximum Gasteiger partial charge on any atom is 0.283 e. The fourth-order valence-electron chi connectivity index (χ4n) is 1.36. The van der Waals surface area contributed by atoms with Gasteiger partial charge in [0.15, 0.2) is 5.82 Å². The van der Waals surface area contributed by atoms with Gasteiger partial charge in [0.2, 0.25) is 0 Å². The Bertz CT molecular complexity index is 639. The number of H-pyrrole nitrogens is 1. The summed E-state index contributed by atoms with van der Waals surface area (Å²) in [7, 11) is 0. The van der Waals surface area contributed by atoms with Crippen LogP contribution < -0.4 is 5.56 Å². The molecular formula is C11H5Cl3FNO. The van der Waals surface area contributed by atoms with Crippen LogP contribution in [-0.4, -0.2) is 4.98 Å². The summed E-state index contributed by atoms with van der Waals surface area (Å²) >= 11 is 17.7. The van der Waals surface area contributed by atoms with Gasteiger partial charge in [-0.05, 0) is 12.1 Å². The van der Waals surface area contributed by atoms with Crippen LogP contribution in [0.2, 0.25) is 15.1 Å². The predicted octanol–water partition coefficient (Wildman–Crippen LogP) is 4.14. The van der Waals surface area contributed by atoms with Crippen molar-refractivity contribution in [3.63, 3.8) is 0 Å². The number of hydrogen-bond acceptors (Lipinski definition) is 1. The first kappa shape index (κ1) is 12.4. The van der Waals surface area contributed by atoms with Gasteiger partial charge in [0.25, 0.3) is 5.56 Å². The van der Waals surface area contributed by atoms with Gasteiger partial charge in [0.05, 0.1) is 15.1 Å². The minimum atomic E-state index is -0.885. The van der Waals surface area contributed by atoms with Crippen molar-refractivity contribution in [2.75, 3.05) is 0 Å². The van der Waals surface area contributed by atoms with E-state index in [4.69, 9.17) is 34.8 Å².